The van der Waals surface area contributed by atoms with Crippen molar-refractivity contribution in [3.05, 3.63) is 24.3 Å². The largest absolute Gasteiger partial charge is 0.465 e. The van der Waals surface area contributed by atoms with Crippen molar-refractivity contribution in [3.8, 4) is 5.75 Å². The first kappa shape index (κ1) is 19.7. The predicted molar refractivity (Wildman–Crippen MR) is 91.6 cm³/mol. The van der Waals surface area contributed by atoms with E-state index in [4.69, 9.17) is 39.5 Å². The maximum absolute atomic E-state index is 12.1. The minimum absolute atomic E-state index is 0.124. The number of carbonyl (C=O) groups excluding carboxylic acids is 1. The molecule has 0 fully saturated rings. The Morgan fingerprint density at radius 3 is 2.17 bits per heavy atom. The van der Waals surface area contributed by atoms with Crippen LogP contribution in [0.4, 0.5) is 15.3 Å². The fraction of sp³-hybridized carbons (Fsp3) is 0.429. The minimum Gasteiger partial charge on any atom is -0.465 e. The molecule has 0 saturated carbocycles. The molecule has 9 heteroatoms. The van der Waals surface area contributed by atoms with Crippen LogP contribution in [0.5, 0.6) is 5.75 Å². The van der Waals surface area contributed by atoms with Crippen LogP contribution in [-0.2, 0) is 0 Å². The molecule has 0 aliphatic carbocycles. The predicted octanol–water partition coefficient (Wildman–Crippen LogP) is 3.69. The molecule has 0 aliphatic heterocycles. The number of anilines is 1. The third-order valence-corrected chi connectivity index (χ3v) is 3.35. The number of carbonyl (C=O) groups is 2. The monoisotopic (exact) mass is 382 g/mol. The maximum Gasteiger partial charge on any atom is 0.415 e. The average Bonchev–Trinajstić information content (AvgIpc) is 2.52. The van der Waals surface area contributed by atoms with Crippen LogP contribution in [0, 0.1) is 0 Å². The summed E-state index contributed by atoms with van der Waals surface area (Å²) in [5.41, 5.74) is 0.365. The van der Waals surface area contributed by atoms with Gasteiger partial charge in [-0.3, -0.25) is 4.90 Å². The summed E-state index contributed by atoms with van der Waals surface area (Å²) in [6.45, 7) is 0.736. The molecule has 0 heterocycles. The Morgan fingerprint density at radius 1 is 1.04 bits per heavy atom. The lowest BCUT2D eigenvalue weighted by Gasteiger charge is -2.21. The van der Waals surface area contributed by atoms with Crippen molar-refractivity contribution in [2.75, 3.05) is 42.2 Å². The van der Waals surface area contributed by atoms with Crippen molar-refractivity contribution in [2.24, 2.45) is 0 Å². The fourth-order valence-electron chi connectivity index (χ4n) is 1.80. The van der Waals surface area contributed by atoms with E-state index in [2.05, 4.69) is 0 Å². The SMILES string of the molecule is O=C(Oc1cccc(N(CCCl)C(=O)O)c1)N(CCCl)CCCl. The highest BCUT2D eigenvalue weighted by atomic mass is 35.5. The molecule has 0 unspecified atom stereocenters. The Kier molecular flexibility index (Phi) is 8.91. The number of benzene rings is 1. The van der Waals surface area contributed by atoms with Crippen molar-refractivity contribution in [1.29, 1.82) is 0 Å². The van der Waals surface area contributed by atoms with Crippen LogP contribution in [0.2, 0.25) is 0 Å². The number of ether oxygens (including phenoxy) is 1. The molecule has 0 spiro atoms. The molecule has 1 aromatic rings. The smallest absolute Gasteiger partial charge is 0.415 e. The van der Waals surface area contributed by atoms with Gasteiger partial charge in [0.1, 0.15) is 5.75 Å². The van der Waals surface area contributed by atoms with Gasteiger partial charge in [-0.1, -0.05) is 6.07 Å². The molecule has 0 aromatic heterocycles. The summed E-state index contributed by atoms with van der Waals surface area (Å²) in [6.07, 6.45) is -1.73. The highest BCUT2D eigenvalue weighted by molar-refractivity contribution is 6.18. The van der Waals surface area contributed by atoms with Gasteiger partial charge < -0.3 is 14.7 Å². The molecule has 0 aliphatic rings. The van der Waals surface area contributed by atoms with Gasteiger partial charge in [-0.25, -0.2) is 9.59 Å². The number of alkyl halides is 3. The van der Waals surface area contributed by atoms with Gasteiger partial charge >= 0.3 is 12.2 Å². The van der Waals surface area contributed by atoms with Gasteiger partial charge in [0.25, 0.3) is 0 Å². The number of amides is 2. The normalized spacial score (nSPS) is 10.2. The lowest BCUT2D eigenvalue weighted by Crippen LogP contribution is -2.36. The topological polar surface area (TPSA) is 70.1 Å². The summed E-state index contributed by atoms with van der Waals surface area (Å²) in [7, 11) is 0. The second-order valence-corrected chi connectivity index (χ2v) is 5.49. The zero-order chi connectivity index (χ0) is 17.2. The Morgan fingerprint density at radius 2 is 1.65 bits per heavy atom. The zero-order valence-electron chi connectivity index (χ0n) is 12.3. The minimum atomic E-state index is -1.14. The highest BCUT2D eigenvalue weighted by Crippen LogP contribution is 2.22. The quantitative estimate of drug-likeness (QED) is 0.695. The van der Waals surface area contributed by atoms with Crippen LogP contribution in [0.3, 0.4) is 0 Å². The number of rotatable bonds is 8. The number of hydrogen-bond donors (Lipinski definition) is 1. The first-order valence-corrected chi connectivity index (χ1v) is 8.39. The van der Waals surface area contributed by atoms with Crippen LogP contribution in [-0.4, -0.2) is 59.5 Å². The molecule has 0 bridgehead atoms. The first-order valence-electron chi connectivity index (χ1n) is 6.78. The molecule has 128 valence electrons. The van der Waals surface area contributed by atoms with E-state index >= 15 is 0 Å². The standard InChI is InChI=1S/C14H17Cl3N2O4/c15-4-7-18(8-5-16)14(22)23-12-3-1-2-11(10-12)19(9-6-17)13(20)21/h1-3,10H,4-9H2,(H,20,21). The number of halogens is 3. The van der Waals surface area contributed by atoms with E-state index in [-0.39, 0.29) is 29.9 Å². The van der Waals surface area contributed by atoms with E-state index in [9.17, 15) is 14.7 Å². The van der Waals surface area contributed by atoms with Crippen molar-refractivity contribution in [1.82, 2.24) is 4.90 Å². The molecular weight excluding hydrogens is 367 g/mol. The number of hydrogen-bond acceptors (Lipinski definition) is 3. The summed E-state index contributed by atoms with van der Waals surface area (Å²) >= 11 is 16.9. The second-order valence-electron chi connectivity index (χ2n) is 4.35. The Bertz CT molecular complexity index is 524. The molecule has 1 rings (SSSR count). The third-order valence-electron chi connectivity index (χ3n) is 2.84. The van der Waals surface area contributed by atoms with E-state index in [1.54, 1.807) is 18.2 Å². The molecule has 1 aromatic carbocycles. The van der Waals surface area contributed by atoms with Gasteiger partial charge in [0.15, 0.2) is 0 Å². The Hall–Kier alpha value is -1.37. The maximum atomic E-state index is 12.1. The van der Waals surface area contributed by atoms with Crippen molar-refractivity contribution in [3.63, 3.8) is 0 Å². The second kappa shape index (κ2) is 10.4. The number of nitrogens with zero attached hydrogens (tertiary/aromatic N) is 2. The van der Waals surface area contributed by atoms with Gasteiger partial charge in [0.2, 0.25) is 0 Å². The van der Waals surface area contributed by atoms with Crippen molar-refractivity contribution in [2.45, 2.75) is 0 Å². The zero-order valence-corrected chi connectivity index (χ0v) is 14.5. The van der Waals surface area contributed by atoms with Gasteiger partial charge in [-0.15, -0.1) is 34.8 Å². The Labute approximate surface area is 149 Å². The summed E-state index contributed by atoms with van der Waals surface area (Å²) in [5, 5.41) is 9.18. The van der Waals surface area contributed by atoms with E-state index in [1.165, 1.54) is 11.0 Å². The van der Waals surface area contributed by atoms with E-state index in [0.717, 1.165) is 4.90 Å². The molecule has 0 atom stereocenters. The fourth-order valence-corrected chi connectivity index (χ4v) is 2.38. The van der Waals surface area contributed by atoms with Crippen LogP contribution < -0.4 is 9.64 Å². The van der Waals surface area contributed by atoms with E-state index in [1.807, 2.05) is 0 Å². The molecular formula is C14H17Cl3N2O4. The average molecular weight is 384 g/mol. The molecule has 1 N–H and O–H groups in total. The molecule has 6 nitrogen and oxygen atoms in total. The van der Waals surface area contributed by atoms with Crippen molar-refractivity contribution >= 4 is 52.7 Å². The van der Waals surface area contributed by atoms with E-state index in [0.29, 0.717) is 18.8 Å². The summed E-state index contributed by atoms with van der Waals surface area (Å²) < 4.78 is 5.25. The van der Waals surface area contributed by atoms with Gasteiger partial charge in [-0.05, 0) is 12.1 Å². The van der Waals surface area contributed by atoms with Crippen LogP contribution in [0.1, 0.15) is 0 Å². The Balaban J connectivity index is 2.87. The van der Waals surface area contributed by atoms with Gasteiger partial charge in [-0.2, -0.15) is 0 Å². The molecule has 0 radical (unpaired) electrons. The lowest BCUT2D eigenvalue weighted by molar-refractivity contribution is 0.158. The van der Waals surface area contributed by atoms with E-state index < -0.39 is 12.2 Å². The third kappa shape index (κ3) is 6.33. The molecule has 2 amide bonds. The molecule has 23 heavy (non-hydrogen) atoms. The molecule has 0 saturated heterocycles. The van der Waals surface area contributed by atoms with Gasteiger partial charge in [0.05, 0.1) is 5.69 Å². The van der Waals surface area contributed by atoms with Crippen LogP contribution in [0.25, 0.3) is 0 Å². The summed E-state index contributed by atoms with van der Waals surface area (Å²) in [4.78, 5) is 25.7. The van der Waals surface area contributed by atoms with Crippen molar-refractivity contribution < 1.29 is 19.4 Å². The first-order chi connectivity index (χ1) is 11.0. The number of carboxylic acid groups (broad SMARTS) is 1. The van der Waals surface area contributed by atoms with Gasteiger partial charge in [0, 0.05) is 43.3 Å². The van der Waals surface area contributed by atoms with Crippen LogP contribution in [0.15, 0.2) is 24.3 Å². The summed E-state index contributed by atoms with van der Waals surface area (Å²) in [5.74, 6) is 0.890. The lowest BCUT2D eigenvalue weighted by atomic mass is 10.3. The highest BCUT2D eigenvalue weighted by Gasteiger charge is 2.17. The van der Waals surface area contributed by atoms with Crippen LogP contribution >= 0.6 is 34.8 Å². The summed E-state index contributed by atoms with van der Waals surface area (Å²) in [6, 6.07) is 6.20.